The Hall–Kier alpha value is -1.38. The van der Waals surface area contributed by atoms with Crippen molar-refractivity contribution in [3.63, 3.8) is 0 Å². The van der Waals surface area contributed by atoms with Crippen molar-refractivity contribution in [2.75, 3.05) is 19.8 Å². The third-order valence-corrected chi connectivity index (χ3v) is 5.77. The summed E-state index contributed by atoms with van der Waals surface area (Å²) in [6.07, 6.45) is 5.93. The highest BCUT2D eigenvalue weighted by Crippen LogP contribution is 2.30. The fourth-order valence-corrected chi connectivity index (χ4v) is 3.83. The second-order valence-electron chi connectivity index (χ2n) is 6.74. The van der Waals surface area contributed by atoms with Gasteiger partial charge >= 0.3 is 0 Å². The van der Waals surface area contributed by atoms with E-state index in [-0.39, 0.29) is 0 Å². The monoisotopic (exact) mass is 376 g/mol. The molecule has 0 amide bonds. The Balaban J connectivity index is 1.55. The van der Waals surface area contributed by atoms with Gasteiger partial charge in [-0.05, 0) is 29.2 Å². The molecule has 2 aromatic rings. The Bertz CT molecular complexity index is 742. The molecule has 0 saturated heterocycles. The number of hydrogen-bond donors (Lipinski definition) is 0. The van der Waals surface area contributed by atoms with E-state index in [1.165, 1.54) is 42.0 Å². The van der Waals surface area contributed by atoms with Crippen molar-refractivity contribution in [1.29, 1.82) is 0 Å². The van der Waals surface area contributed by atoms with Crippen molar-refractivity contribution in [2.45, 2.75) is 39.0 Å². The van der Waals surface area contributed by atoms with Gasteiger partial charge in [-0.2, -0.15) is 0 Å². The minimum absolute atomic E-state index is 0.693. The van der Waals surface area contributed by atoms with Crippen LogP contribution < -0.4 is 0 Å². The van der Waals surface area contributed by atoms with E-state index in [2.05, 4.69) is 59.2 Å². The molecule has 2 nitrogen and oxygen atoms in total. The van der Waals surface area contributed by atoms with Crippen LogP contribution in [0, 0.1) is 0 Å². The van der Waals surface area contributed by atoms with E-state index in [0.29, 0.717) is 10.3 Å². The summed E-state index contributed by atoms with van der Waals surface area (Å²) in [5.41, 5.74) is 1.33. The van der Waals surface area contributed by atoms with E-state index in [1.807, 2.05) is 0 Å². The molecule has 1 aliphatic rings. The highest BCUT2D eigenvalue weighted by molar-refractivity contribution is 6.38. The molecular weight excluding hydrogens is 351 g/mol. The summed E-state index contributed by atoms with van der Waals surface area (Å²) in [4.78, 5) is 4.37. The predicted molar refractivity (Wildman–Crippen MR) is 109 cm³/mol. The summed E-state index contributed by atoms with van der Waals surface area (Å²) in [6, 6.07) is 15.1. The van der Waals surface area contributed by atoms with Crippen molar-refractivity contribution in [3.8, 4) is 0 Å². The lowest BCUT2D eigenvalue weighted by Gasteiger charge is -2.22. The molecule has 1 aliphatic heterocycles. The summed E-state index contributed by atoms with van der Waals surface area (Å²) in [5.74, 6) is 0. The minimum atomic E-state index is 0.693. The molecule has 25 heavy (non-hydrogen) atoms. The van der Waals surface area contributed by atoms with Gasteiger partial charge in [-0.1, -0.05) is 91.9 Å². The van der Waals surface area contributed by atoms with Crippen LogP contribution in [-0.2, 0) is 6.42 Å². The lowest BCUT2D eigenvalue weighted by atomic mass is 10.1. The molecule has 0 atom stereocenters. The van der Waals surface area contributed by atoms with Crippen molar-refractivity contribution in [3.05, 3.63) is 58.3 Å². The quantitative estimate of drug-likeness (QED) is 0.403. The Morgan fingerprint density at radius 3 is 2.32 bits per heavy atom. The van der Waals surface area contributed by atoms with E-state index in [1.54, 1.807) is 0 Å². The SMILES string of the molecule is CCCCCCN1CN(CCc2ccc3ccccc3c2)C(Cl)=C1Cl. The second-order valence-corrected chi connectivity index (χ2v) is 7.46. The van der Waals surface area contributed by atoms with E-state index in [9.17, 15) is 0 Å². The molecule has 0 bridgehead atoms. The highest BCUT2D eigenvalue weighted by atomic mass is 35.5. The Morgan fingerprint density at radius 1 is 0.840 bits per heavy atom. The fraction of sp³-hybridized carbons (Fsp3) is 0.429. The van der Waals surface area contributed by atoms with Gasteiger partial charge in [0.1, 0.15) is 10.3 Å². The van der Waals surface area contributed by atoms with E-state index >= 15 is 0 Å². The number of benzene rings is 2. The zero-order chi connectivity index (χ0) is 17.6. The van der Waals surface area contributed by atoms with Gasteiger partial charge in [0, 0.05) is 13.1 Å². The molecule has 0 unspecified atom stereocenters. The molecule has 134 valence electrons. The van der Waals surface area contributed by atoms with Crippen molar-refractivity contribution in [2.24, 2.45) is 0 Å². The number of unbranched alkanes of at least 4 members (excludes halogenated alkanes) is 3. The highest BCUT2D eigenvalue weighted by Gasteiger charge is 2.25. The summed E-state index contributed by atoms with van der Waals surface area (Å²) in [7, 11) is 0. The first-order chi connectivity index (χ1) is 12.2. The topological polar surface area (TPSA) is 6.48 Å². The summed E-state index contributed by atoms with van der Waals surface area (Å²) >= 11 is 12.9. The number of rotatable bonds is 8. The molecule has 0 aromatic heterocycles. The van der Waals surface area contributed by atoms with Gasteiger partial charge < -0.3 is 9.80 Å². The Morgan fingerprint density at radius 2 is 1.56 bits per heavy atom. The first-order valence-electron chi connectivity index (χ1n) is 9.22. The second kappa shape index (κ2) is 8.82. The standard InChI is InChI=1S/C21H26Cl2N2/c1-2-3-4-7-13-24-16-25(21(23)20(24)22)14-12-17-10-11-18-8-5-6-9-19(18)15-17/h5-6,8-11,15H,2-4,7,12-14,16H2,1H3. The molecule has 0 aliphatic carbocycles. The lowest BCUT2D eigenvalue weighted by molar-refractivity contribution is 0.256. The molecule has 2 aromatic carbocycles. The smallest absolute Gasteiger partial charge is 0.141 e. The van der Waals surface area contributed by atoms with E-state index in [4.69, 9.17) is 23.2 Å². The van der Waals surface area contributed by atoms with Crippen LogP contribution in [-0.4, -0.2) is 29.6 Å². The van der Waals surface area contributed by atoms with Gasteiger partial charge in [0.05, 0.1) is 6.67 Å². The third-order valence-electron chi connectivity index (χ3n) is 4.83. The van der Waals surface area contributed by atoms with Crippen molar-refractivity contribution < 1.29 is 0 Å². The van der Waals surface area contributed by atoms with Gasteiger partial charge in [-0.15, -0.1) is 0 Å². The van der Waals surface area contributed by atoms with Crippen LogP contribution in [0.25, 0.3) is 10.8 Å². The van der Waals surface area contributed by atoms with Gasteiger partial charge in [0.15, 0.2) is 0 Å². The molecule has 0 spiro atoms. The summed E-state index contributed by atoms with van der Waals surface area (Å²) < 4.78 is 0. The van der Waals surface area contributed by atoms with Gasteiger partial charge in [-0.25, -0.2) is 0 Å². The van der Waals surface area contributed by atoms with Gasteiger partial charge in [0.25, 0.3) is 0 Å². The molecule has 3 rings (SSSR count). The van der Waals surface area contributed by atoms with Crippen LogP contribution in [0.1, 0.15) is 38.2 Å². The van der Waals surface area contributed by atoms with Crippen LogP contribution in [0.2, 0.25) is 0 Å². The summed E-state index contributed by atoms with van der Waals surface area (Å²) in [5, 5.41) is 3.97. The summed E-state index contributed by atoms with van der Waals surface area (Å²) in [6.45, 7) is 4.91. The Kier molecular flexibility index (Phi) is 6.50. The van der Waals surface area contributed by atoms with Crippen molar-refractivity contribution >= 4 is 34.0 Å². The largest absolute Gasteiger partial charge is 0.342 e. The van der Waals surface area contributed by atoms with Crippen LogP contribution in [0.5, 0.6) is 0 Å². The number of nitrogens with zero attached hydrogens (tertiary/aromatic N) is 2. The lowest BCUT2D eigenvalue weighted by Crippen LogP contribution is -2.29. The molecular formula is C21H26Cl2N2. The third kappa shape index (κ3) is 4.62. The van der Waals surface area contributed by atoms with Crippen LogP contribution in [0.3, 0.4) is 0 Å². The number of fused-ring (bicyclic) bond motifs is 1. The van der Waals surface area contributed by atoms with Gasteiger partial charge in [0.2, 0.25) is 0 Å². The van der Waals surface area contributed by atoms with E-state index in [0.717, 1.165) is 26.2 Å². The van der Waals surface area contributed by atoms with Crippen LogP contribution in [0.15, 0.2) is 52.8 Å². The van der Waals surface area contributed by atoms with Crippen molar-refractivity contribution in [1.82, 2.24) is 9.80 Å². The molecule has 0 radical (unpaired) electrons. The average molecular weight is 377 g/mol. The first-order valence-corrected chi connectivity index (χ1v) is 9.97. The number of halogens is 2. The predicted octanol–water partition coefficient (Wildman–Crippen LogP) is 6.14. The molecule has 0 fully saturated rings. The average Bonchev–Trinajstić information content (AvgIpc) is 2.91. The normalized spacial score (nSPS) is 14.8. The molecule has 1 heterocycles. The van der Waals surface area contributed by atoms with Crippen LogP contribution >= 0.6 is 23.2 Å². The maximum Gasteiger partial charge on any atom is 0.141 e. The maximum absolute atomic E-state index is 6.46. The fourth-order valence-electron chi connectivity index (χ4n) is 3.32. The number of hydrogen-bond acceptors (Lipinski definition) is 2. The Labute approximate surface area is 161 Å². The van der Waals surface area contributed by atoms with Crippen LogP contribution in [0.4, 0.5) is 0 Å². The zero-order valence-corrected chi connectivity index (χ0v) is 16.4. The van der Waals surface area contributed by atoms with E-state index < -0.39 is 0 Å². The minimum Gasteiger partial charge on any atom is -0.342 e. The molecule has 4 heteroatoms. The zero-order valence-electron chi connectivity index (χ0n) is 14.8. The molecule has 0 saturated carbocycles. The molecule has 0 N–H and O–H groups in total. The van der Waals surface area contributed by atoms with Gasteiger partial charge in [-0.3, -0.25) is 0 Å². The maximum atomic E-state index is 6.46. The first kappa shape index (κ1) is 18.4.